The first kappa shape index (κ1) is 19.2. The highest BCUT2D eigenvalue weighted by molar-refractivity contribution is 6.52. The number of carbonyl (C=O) groups excluding carboxylic acids is 4. The van der Waals surface area contributed by atoms with Gasteiger partial charge in [0.25, 0.3) is 17.6 Å². The molecule has 0 fully saturated rings. The molecule has 1 heterocycles. The fourth-order valence-corrected chi connectivity index (χ4v) is 2.81. The number of rotatable bonds is 7. The number of fused-ring (bicyclic) bond motifs is 1. The van der Waals surface area contributed by atoms with E-state index in [9.17, 15) is 23.6 Å². The number of hydrogen-bond acceptors (Lipinski definition) is 5. The van der Waals surface area contributed by atoms with Crippen LogP contribution in [0.2, 0.25) is 0 Å². The van der Waals surface area contributed by atoms with Crippen LogP contribution in [0.4, 0.5) is 10.1 Å². The van der Waals surface area contributed by atoms with Gasteiger partial charge in [0.2, 0.25) is 0 Å². The van der Waals surface area contributed by atoms with Crippen LogP contribution in [0.15, 0.2) is 48.5 Å². The van der Waals surface area contributed by atoms with Gasteiger partial charge in [0, 0.05) is 6.54 Å². The molecule has 0 saturated carbocycles. The minimum Gasteiger partial charge on any atom is -0.454 e. The van der Waals surface area contributed by atoms with Crippen molar-refractivity contribution in [3.8, 4) is 0 Å². The first-order chi connectivity index (χ1) is 13.5. The zero-order valence-corrected chi connectivity index (χ0v) is 14.8. The largest absolute Gasteiger partial charge is 0.454 e. The number of esters is 1. The molecule has 2 aromatic rings. The summed E-state index contributed by atoms with van der Waals surface area (Å²) in [6.45, 7) is -0.818. The van der Waals surface area contributed by atoms with Crippen LogP contribution in [0, 0.1) is 5.82 Å². The number of hydrogen-bond donors (Lipinski definition) is 1. The maximum absolute atomic E-state index is 13.5. The van der Waals surface area contributed by atoms with E-state index >= 15 is 0 Å². The lowest BCUT2D eigenvalue weighted by Gasteiger charge is -2.15. The molecule has 1 N–H and O–H groups in total. The summed E-state index contributed by atoms with van der Waals surface area (Å²) < 4.78 is 18.3. The molecule has 144 valence electrons. The molecule has 0 atom stereocenters. The molecule has 0 aromatic heterocycles. The molecule has 0 saturated heterocycles. The Morgan fingerprint density at radius 3 is 2.54 bits per heavy atom. The predicted octanol–water partition coefficient (Wildman–Crippen LogP) is 1.26. The first-order valence-corrected chi connectivity index (χ1v) is 8.58. The highest BCUT2D eigenvalue weighted by Crippen LogP contribution is 2.28. The van der Waals surface area contributed by atoms with Crippen LogP contribution in [-0.4, -0.2) is 43.3 Å². The summed E-state index contributed by atoms with van der Waals surface area (Å²) in [5.41, 5.74) is 1.03. The van der Waals surface area contributed by atoms with Crippen LogP contribution in [0.25, 0.3) is 0 Å². The van der Waals surface area contributed by atoms with Crippen LogP contribution in [-0.2, 0) is 25.5 Å². The molecule has 2 amide bonds. The van der Waals surface area contributed by atoms with Crippen LogP contribution in [0.5, 0.6) is 0 Å². The number of benzene rings is 2. The molecular formula is C20H17FN2O5. The van der Waals surface area contributed by atoms with E-state index in [0.717, 1.165) is 4.90 Å². The number of carbonyl (C=O) groups is 4. The summed E-state index contributed by atoms with van der Waals surface area (Å²) >= 11 is 0. The molecule has 0 bridgehead atoms. The number of anilines is 1. The van der Waals surface area contributed by atoms with Gasteiger partial charge >= 0.3 is 5.97 Å². The highest BCUT2D eigenvalue weighted by atomic mass is 19.1. The molecule has 1 aliphatic heterocycles. The Kier molecular flexibility index (Phi) is 5.78. The van der Waals surface area contributed by atoms with Crippen molar-refractivity contribution in [3.05, 3.63) is 65.5 Å². The molecule has 28 heavy (non-hydrogen) atoms. The molecule has 3 rings (SSSR count). The molecule has 8 heteroatoms. The molecule has 7 nitrogen and oxygen atoms in total. The summed E-state index contributed by atoms with van der Waals surface area (Å²) in [7, 11) is 0. The van der Waals surface area contributed by atoms with E-state index in [4.69, 9.17) is 4.74 Å². The molecule has 1 aliphatic rings. The minimum atomic E-state index is -0.817. The second-order valence-corrected chi connectivity index (χ2v) is 6.09. The number of nitrogens with zero attached hydrogens (tertiary/aromatic N) is 1. The van der Waals surface area contributed by atoms with Gasteiger partial charge in [-0.25, -0.2) is 4.39 Å². The summed E-state index contributed by atoms with van der Waals surface area (Å²) in [4.78, 5) is 48.6. The quantitative estimate of drug-likeness (QED) is 0.573. The lowest BCUT2D eigenvalue weighted by atomic mass is 10.1. The SMILES string of the molecule is O=C(COC(=O)CN1C(=O)C(=O)c2ccccc21)NCCc1ccccc1F. The molecule has 0 aliphatic carbocycles. The third-order valence-corrected chi connectivity index (χ3v) is 4.20. The fourth-order valence-electron chi connectivity index (χ4n) is 2.81. The third-order valence-electron chi connectivity index (χ3n) is 4.20. The van der Waals surface area contributed by atoms with Crippen molar-refractivity contribution in [2.45, 2.75) is 6.42 Å². The monoisotopic (exact) mass is 384 g/mol. The third kappa shape index (κ3) is 4.22. The average Bonchev–Trinajstić information content (AvgIpc) is 2.93. The van der Waals surface area contributed by atoms with E-state index in [1.54, 1.807) is 36.4 Å². The first-order valence-electron chi connectivity index (χ1n) is 8.58. The normalized spacial score (nSPS) is 12.7. The van der Waals surface area contributed by atoms with Crippen molar-refractivity contribution in [3.63, 3.8) is 0 Å². The van der Waals surface area contributed by atoms with Crippen LogP contribution >= 0.6 is 0 Å². The van der Waals surface area contributed by atoms with E-state index in [1.165, 1.54) is 12.1 Å². The zero-order chi connectivity index (χ0) is 20.1. The minimum absolute atomic E-state index is 0.184. The molecule has 0 spiro atoms. The average molecular weight is 384 g/mol. The number of para-hydroxylation sites is 1. The van der Waals surface area contributed by atoms with Gasteiger partial charge in [0.15, 0.2) is 6.61 Å². The maximum atomic E-state index is 13.5. The number of nitrogens with one attached hydrogen (secondary N) is 1. The van der Waals surface area contributed by atoms with Gasteiger partial charge in [-0.2, -0.15) is 0 Å². The van der Waals surface area contributed by atoms with Gasteiger partial charge in [-0.1, -0.05) is 30.3 Å². The summed E-state index contributed by atoms with van der Waals surface area (Å²) in [6.07, 6.45) is 0.299. The van der Waals surface area contributed by atoms with Crippen molar-refractivity contribution < 1.29 is 28.3 Å². The number of ketones is 1. The molecule has 0 unspecified atom stereocenters. The van der Waals surface area contributed by atoms with E-state index in [2.05, 4.69) is 5.32 Å². The summed E-state index contributed by atoms with van der Waals surface area (Å²) in [5.74, 6) is -3.22. The van der Waals surface area contributed by atoms with Gasteiger partial charge in [-0.15, -0.1) is 0 Å². The lowest BCUT2D eigenvalue weighted by molar-refractivity contribution is -0.147. The number of halogens is 1. The van der Waals surface area contributed by atoms with Crippen molar-refractivity contribution in [1.82, 2.24) is 5.32 Å². The van der Waals surface area contributed by atoms with Crippen LogP contribution in [0.1, 0.15) is 15.9 Å². The second kappa shape index (κ2) is 8.43. The zero-order valence-electron chi connectivity index (χ0n) is 14.8. The number of amides is 2. The predicted molar refractivity (Wildman–Crippen MR) is 97.2 cm³/mol. The van der Waals surface area contributed by atoms with Gasteiger partial charge in [0.1, 0.15) is 12.4 Å². The maximum Gasteiger partial charge on any atom is 0.326 e. The van der Waals surface area contributed by atoms with Crippen LogP contribution in [0.3, 0.4) is 0 Å². The van der Waals surface area contributed by atoms with E-state index in [1.807, 2.05) is 0 Å². The smallest absolute Gasteiger partial charge is 0.326 e. The van der Waals surface area contributed by atoms with E-state index in [0.29, 0.717) is 17.7 Å². The molecule has 2 aromatic carbocycles. The summed E-state index contributed by atoms with van der Waals surface area (Å²) in [6, 6.07) is 12.6. The Bertz CT molecular complexity index is 944. The van der Waals surface area contributed by atoms with Gasteiger partial charge in [-0.05, 0) is 30.2 Å². The Morgan fingerprint density at radius 1 is 1.04 bits per heavy atom. The second-order valence-electron chi connectivity index (χ2n) is 6.09. The van der Waals surface area contributed by atoms with Gasteiger partial charge in [0.05, 0.1) is 11.3 Å². The van der Waals surface area contributed by atoms with Gasteiger partial charge in [-0.3, -0.25) is 24.1 Å². The highest BCUT2D eigenvalue weighted by Gasteiger charge is 2.36. The Hall–Kier alpha value is -3.55. The van der Waals surface area contributed by atoms with Crippen LogP contribution < -0.4 is 10.2 Å². The van der Waals surface area contributed by atoms with Gasteiger partial charge < -0.3 is 10.1 Å². The molecular weight excluding hydrogens is 367 g/mol. The van der Waals surface area contributed by atoms with Crippen molar-refractivity contribution in [2.24, 2.45) is 0 Å². The Balaban J connectivity index is 1.44. The standard InChI is InChI=1S/C20H17FN2O5/c21-15-7-3-1-5-13(15)9-10-22-17(24)12-28-18(25)11-23-16-8-4-2-6-14(16)19(26)20(23)27/h1-8H,9-12H2,(H,22,24). The topological polar surface area (TPSA) is 92.8 Å². The molecule has 0 radical (unpaired) electrons. The van der Waals surface area contributed by atoms with Crippen molar-refractivity contribution in [1.29, 1.82) is 0 Å². The number of Topliss-reactive ketones (excluding diaryl/α,β-unsaturated/α-hetero) is 1. The van der Waals surface area contributed by atoms with E-state index < -0.39 is 36.7 Å². The fraction of sp³-hybridized carbons (Fsp3) is 0.200. The Labute approximate surface area is 160 Å². The van der Waals surface area contributed by atoms with Crippen molar-refractivity contribution >= 4 is 29.3 Å². The van der Waals surface area contributed by atoms with E-state index in [-0.39, 0.29) is 17.9 Å². The summed E-state index contributed by atoms with van der Waals surface area (Å²) in [5, 5.41) is 2.52. The van der Waals surface area contributed by atoms with Crippen molar-refractivity contribution in [2.75, 3.05) is 24.6 Å². The lowest BCUT2D eigenvalue weighted by Crippen LogP contribution is -2.37. The number of ether oxygens (including phenoxy) is 1. The Morgan fingerprint density at radius 2 is 1.75 bits per heavy atom.